The molecule has 4 rings (SSSR count). The average molecular weight is 454 g/mol. The van der Waals surface area contributed by atoms with Crippen LogP contribution < -0.4 is 32.4 Å². The van der Waals surface area contributed by atoms with E-state index < -0.39 is 47.1 Å². The van der Waals surface area contributed by atoms with Gasteiger partial charge in [0, 0.05) is 25.4 Å². The third kappa shape index (κ3) is 4.84. The zero-order valence-electron chi connectivity index (χ0n) is 17.4. The Kier molecular flexibility index (Phi) is 6.07. The SMILES string of the molecule is O=C(CCn1cc[nH]c(=O)c1=O)N[C@@H]1c2ccccc2C[C@H]1NC(=O)C[C@@H]1NC(=O)NC1=O. The van der Waals surface area contributed by atoms with Gasteiger partial charge in [0.15, 0.2) is 0 Å². The van der Waals surface area contributed by atoms with Gasteiger partial charge in [-0.1, -0.05) is 24.3 Å². The first kappa shape index (κ1) is 22.0. The zero-order chi connectivity index (χ0) is 23.5. The minimum Gasteiger partial charge on any atom is -0.351 e. The minimum absolute atomic E-state index is 0.0243. The summed E-state index contributed by atoms with van der Waals surface area (Å²) in [4.78, 5) is 73.7. The number of aromatic nitrogens is 2. The summed E-state index contributed by atoms with van der Waals surface area (Å²) >= 11 is 0. The molecule has 0 spiro atoms. The van der Waals surface area contributed by atoms with Crippen LogP contribution in [-0.2, 0) is 27.3 Å². The van der Waals surface area contributed by atoms with E-state index in [1.165, 1.54) is 12.4 Å². The van der Waals surface area contributed by atoms with E-state index in [0.29, 0.717) is 6.42 Å². The number of fused-ring (bicyclic) bond motifs is 1. The van der Waals surface area contributed by atoms with Crippen LogP contribution in [0.1, 0.15) is 30.0 Å². The van der Waals surface area contributed by atoms with E-state index in [-0.39, 0.29) is 25.3 Å². The highest BCUT2D eigenvalue weighted by atomic mass is 16.2. The van der Waals surface area contributed by atoms with Crippen molar-refractivity contribution in [3.05, 3.63) is 68.5 Å². The highest BCUT2D eigenvalue weighted by Crippen LogP contribution is 2.31. The summed E-state index contributed by atoms with van der Waals surface area (Å²) < 4.78 is 1.15. The molecule has 12 heteroatoms. The number of H-pyrrole nitrogens is 1. The summed E-state index contributed by atoms with van der Waals surface area (Å²) in [5, 5.41) is 10.2. The van der Waals surface area contributed by atoms with Crippen molar-refractivity contribution in [1.29, 1.82) is 0 Å². The maximum atomic E-state index is 12.6. The van der Waals surface area contributed by atoms with Gasteiger partial charge in [-0.2, -0.15) is 0 Å². The lowest BCUT2D eigenvalue weighted by atomic mass is 10.1. The van der Waals surface area contributed by atoms with Crippen molar-refractivity contribution in [2.45, 2.75) is 43.9 Å². The molecule has 0 bridgehead atoms. The molecule has 0 unspecified atom stereocenters. The third-order valence-electron chi connectivity index (χ3n) is 5.65. The molecule has 3 atom stereocenters. The summed E-state index contributed by atoms with van der Waals surface area (Å²) in [6, 6.07) is 4.90. The van der Waals surface area contributed by atoms with Gasteiger partial charge in [0.05, 0.1) is 18.5 Å². The summed E-state index contributed by atoms with van der Waals surface area (Å²) in [6.07, 6.45) is 2.92. The van der Waals surface area contributed by atoms with Crippen molar-refractivity contribution >= 4 is 23.8 Å². The molecule has 2 aromatic rings. The number of imide groups is 1. The van der Waals surface area contributed by atoms with E-state index in [1.807, 2.05) is 24.3 Å². The largest absolute Gasteiger partial charge is 0.351 e. The highest BCUT2D eigenvalue weighted by molar-refractivity contribution is 6.05. The molecule has 5 amide bonds. The summed E-state index contributed by atoms with van der Waals surface area (Å²) in [6.45, 7) is 0.0243. The second-order valence-corrected chi connectivity index (χ2v) is 7.88. The molecule has 33 heavy (non-hydrogen) atoms. The molecule has 12 nitrogen and oxygen atoms in total. The number of urea groups is 1. The predicted molar refractivity (Wildman–Crippen MR) is 114 cm³/mol. The Bertz CT molecular complexity index is 1230. The van der Waals surface area contributed by atoms with Gasteiger partial charge < -0.3 is 25.5 Å². The summed E-state index contributed by atoms with van der Waals surface area (Å²) in [7, 11) is 0. The van der Waals surface area contributed by atoms with Crippen molar-refractivity contribution in [2.75, 3.05) is 0 Å². The number of nitrogens with zero attached hydrogens (tertiary/aromatic N) is 1. The van der Waals surface area contributed by atoms with Crippen LogP contribution in [0.5, 0.6) is 0 Å². The first-order valence-corrected chi connectivity index (χ1v) is 10.4. The molecule has 1 fully saturated rings. The van der Waals surface area contributed by atoms with E-state index in [2.05, 4.69) is 26.3 Å². The van der Waals surface area contributed by atoms with Crippen LogP contribution in [0.25, 0.3) is 0 Å². The molecule has 1 aliphatic carbocycles. The van der Waals surface area contributed by atoms with E-state index in [0.717, 1.165) is 15.7 Å². The lowest BCUT2D eigenvalue weighted by Crippen LogP contribution is -2.46. The molecule has 2 heterocycles. The van der Waals surface area contributed by atoms with Crippen molar-refractivity contribution in [3.63, 3.8) is 0 Å². The Morgan fingerprint density at radius 3 is 2.61 bits per heavy atom. The maximum Gasteiger partial charge on any atom is 0.322 e. The number of rotatable bonds is 7. The molecule has 1 saturated heterocycles. The lowest BCUT2D eigenvalue weighted by molar-refractivity contribution is -0.127. The van der Waals surface area contributed by atoms with Crippen LogP contribution in [0.3, 0.4) is 0 Å². The molecule has 1 aromatic carbocycles. The van der Waals surface area contributed by atoms with Crippen molar-refractivity contribution in [3.8, 4) is 0 Å². The second-order valence-electron chi connectivity index (χ2n) is 7.88. The number of nitrogens with one attached hydrogen (secondary N) is 5. The minimum atomic E-state index is -0.943. The van der Waals surface area contributed by atoms with Gasteiger partial charge in [-0.15, -0.1) is 0 Å². The average Bonchev–Trinajstić information content (AvgIpc) is 3.27. The van der Waals surface area contributed by atoms with Crippen molar-refractivity contribution in [1.82, 2.24) is 30.8 Å². The van der Waals surface area contributed by atoms with Gasteiger partial charge >= 0.3 is 17.1 Å². The normalized spacial score (nSPS) is 21.2. The van der Waals surface area contributed by atoms with Gasteiger partial charge in [0.1, 0.15) is 6.04 Å². The van der Waals surface area contributed by atoms with E-state index >= 15 is 0 Å². The van der Waals surface area contributed by atoms with Crippen molar-refractivity contribution in [2.24, 2.45) is 0 Å². The van der Waals surface area contributed by atoms with Crippen LogP contribution in [-0.4, -0.2) is 45.4 Å². The number of amides is 5. The van der Waals surface area contributed by atoms with Gasteiger partial charge in [-0.25, -0.2) is 4.79 Å². The molecular weight excluding hydrogens is 432 g/mol. The van der Waals surface area contributed by atoms with Crippen LogP contribution in [0.2, 0.25) is 0 Å². The lowest BCUT2D eigenvalue weighted by Gasteiger charge is -2.23. The van der Waals surface area contributed by atoms with E-state index in [1.54, 1.807) is 0 Å². The van der Waals surface area contributed by atoms with Gasteiger partial charge in [-0.3, -0.25) is 29.3 Å². The van der Waals surface area contributed by atoms with Gasteiger partial charge in [0.25, 0.3) is 5.91 Å². The molecule has 5 N–H and O–H groups in total. The summed E-state index contributed by atoms with van der Waals surface area (Å²) in [5.74, 6) is -1.36. The molecule has 0 radical (unpaired) electrons. The Labute approximate surface area is 186 Å². The monoisotopic (exact) mass is 454 g/mol. The number of hydrogen-bond donors (Lipinski definition) is 5. The zero-order valence-corrected chi connectivity index (χ0v) is 17.4. The maximum absolute atomic E-state index is 12.6. The van der Waals surface area contributed by atoms with Crippen LogP contribution in [0.15, 0.2) is 46.2 Å². The van der Waals surface area contributed by atoms with E-state index in [4.69, 9.17) is 0 Å². The smallest absolute Gasteiger partial charge is 0.322 e. The number of aryl methyl sites for hydroxylation is 1. The summed E-state index contributed by atoms with van der Waals surface area (Å²) in [5.41, 5.74) is 0.310. The van der Waals surface area contributed by atoms with Gasteiger partial charge in [-0.05, 0) is 17.5 Å². The van der Waals surface area contributed by atoms with E-state index in [9.17, 15) is 28.8 Å². The molecule has 1 aliphatic heterocycles. The molecule has 1 aromatic heterocycles. The number of aromatic amines is 1. The first-order valence-electron chi connectivity index (χ1n) is 10.4. The fraction of sp³-hybridized carbons (Fsp3) is 0.333. The molecule has 172 valence electrons. The Morgan fingerprint density at radius 1 is 1.06 bits per heavy atom. The fourth-order valence-electron chi connectivity index (χ4n) is 4.07. The number of hydrogen-bond acceptors (Lipinski definition) is 6. The predicted octanol–water partition coefficient (Wildman–Crippen LogP) is -1.58. The second kappa shape index (κ2) is 9.10. The standard InChI is InChI=1S/C21H22N6O6/c28-15(5-7-27-8-6-22-19(31)20(27)32)25-17-12-4-2-1-3-11(12)9-13(17)23-16(29)10-14-18(30)26-21(33)24-14/h1-4,6,8,13-14,17H,5,7,9-10H2,(H,22,31)(H,23,29)(H,25,28)(H2,24,26,30,33)/t13-,14+,17-/m1/s1. The first-order chi connectivity index (χ1) is 15.8. The highest BCUT2D eigenvalue weighted by Gasteiger charge is 2.36. The number of benzene rings is 1. The van der Waals surface area contributed by atoms with Crippen LogP contribution in [0, 0.1) is 0 Å². The molecule has 0 saturated carbocycles. The number of carbonyl (C=O) groups is 4. The van der Waals surface area contributed by atoms with Crippen molar-refractivity contribution < 1.29 is 19.2 Å². The topological polar surface area (TPSA) is 171 Å². The Morgan fingerprint density at radius 2 is 1.85 bits per heavy atom. The Hall–Kier alpha value is -4.22. The Balaban J connectivity index is 1.41. The van der Waals surface area contributed by atoms with Crippen LogP contribution >= 0.6 is 0 Å². The van der Waals surface area contributed by atoms with Crippen LogP contribution in [0.4, 0.5) is 4.79 Å². The molecular formula is C21H22N6O6. The molecule has 2 aliphatic rings. The van der Waals surface area contributed by atoms with Gasteiger partial charge in [0.2, 0.25) is 11.8 Å². The number of carbonyl (C=O) groups excluding carboxylic acids is 4. The quantitative estimate of drug-likeness (QED) is 0.250. The fourth-order valence-corrected chi connectivity index (χ4v) is 4.07. The third-order valence-corrected chi connectivity index (χ3v) is 5.65.